The SMILES string of the molecule is CCC(C)N(CC(=O)O)C(=O)c1cc(C)n(C(C)(C)C)n1. The molecule has 1 amide bonds. The van der Waals surface area contributed by atoms with Crippen molar-refractivity contribution in [2.24, 2.45) is 0 Å². The lowest BCUT2D eigenvalue weighted by atomic mass is 10.1. The quantitative estimate of drug-likeness (QED) is 0.904. The predicted octanol–water partition coefficient (Wildman–Crippen LogP) is 2.27. The summed E-state index contributed by atoms with van der Waals surface area (Å²) in [4.78, 5) is 24.9. The molecule has 0 aliphatic heterocycles. The number of nitrogens with zero attached hydrogens (tertiary/aromatic N) is 3. The van der Waals surface area contributed by atoms with E-state index in [0.717, 1.165) is 5.69 Å². The molecule has 0 aliphatic carbocycles. The summed E-state index contributed by atoms with van der Waals surface area (Å²) in [5, 5.41) is 13.4. The first-order valence-electron chi connectivity index (χ1n) is 7.17. The molecule has 21 heavy (non-hydrogen) atoms. The zero-order valence-corrected chi connectivity index (χ0v) is 13.7. The molecule has 118 valence electrons. The second-order valence-electron chi connectivity index (χ2n) is 6.34. The first-order valence-corrected chi connectivity index (χ1v) is 7.17. The number of aryl methyl sites for hydroxylation is 1. The Balaban J connectivity index is 3.12. The summed E-state index contributed by atoms with van der Waals surface area (Å²) in [6.45, 7) is 11.4. The predicted molar refractivity (Wildman–Crippen MR) is 80.4 cm³/mol. The summed E-state index contributed by atoms with van der Waals surface area (Å²) < 4.78 is 1.79. The summed E-state index contributed by atoms with van der Waals surface area (Å²) >= 11 is 0. The minimum Gasteiger partial charge on any atom is -0.480 e. The van der Waals surface area contributed by atoms with Crippen molar-refractivity contribution in [2.75, 3.05) is 6.54 Å². The van der Waals surface area contributed by atoms with Gasteiger partial charge in [-0.3, -0.25) is 14.3 Å². The van der Waals surface area contributed by atoms with Gasteiger partial charge in [0.05, 0.1) is 5.54 Å². The molecule has 1 N–H and O–H groups in total. The molecule has 1 aromatic rings. The zero-order valence-electron chi connectivity index (χ0n) is 13.7. The second kappa shape index (κ2) is 6.28. The van der Waals surface area contributed by atoms with Crippen LogP contribution in [-0.4, -0.2) is 44.3 Å². The summed E-state index contributed by atoms with van der Waals surface area (Å²) in [6.07, 6.45) is 0.692. The maximum absolute atomic E-state index is 12.6. The van der Waals surface area contributed by atoms with Gasteiger partial charge < -0.3 is 10.0 Å². The molecule has 6 heteroatoms. The molecule has 6 nitrogen and oxygen atoms in total. The maximum atomic E-state index is 12.6. The molecular formula is C15H25N3O3. The smallest absolute Gasteiger partial charge is 0.323 e. The highest BCUT2D eigenvalue weighted by atomic mass is 16.4. The van der Waals surface area contributed by atoms with Crippen LogP contribution in [-0.2, 0) is 10.3 Å². The topological polar surface area (TPSA) is 75.4 Å². The Morgan fingerprint density at radius 2 is 2.00 bits per heavy atom. The monoisotopic (exact) mass is 295 g/mol. The Hall–Kier alpha value is -1.85. The van der Waals surface area contributed by atoms with Crippen LogP contribution in [0.2, 0.25) is 0 Å². The summed E-state index contributed by atoms with van der Waals surface area (Å²) in [5.41, 5.74) is 0.950. The normalized spacial score (nSPS) is 13.0. The number of rotatable bonds is 5. The lowest BCUT2D eigenvalue weighted by Crippen LogP contribution is -2.42. The Labute approximate surface area is 125 Å². The fourth-order valence-corrected chi connectivity index (χ4v) is 2.20. The lowest BCUT2D eigenvalue weighted by Gasteiger charge is -2.26. The third-order valence-corrected chi connectivity index (χ3v) is 3.43. The molecule has 1 unspecified atom stereocenters. The number of aliphatic carboxylic acids is 1. The van der Waals surface area contributed by atoms with Crippen molar-refractivity contribution in [1.82, 2.24) is 14.7 Å². The Bertz CT molecular complexity index is 529. The number of aromatic nitrogens is 2. The fraction of sp³-hybridized carbons (Fsp3) is 0.667. The minimum atomic E-state index is -1.02. The summed E-state index contributed by atoms with van der Waals surface area (Å²) in [6, 6.07) is 1.57. The van der Waals surface area contributed by atoms with Crippen molar-refractivity contribution in [2.45, 2.75) is 59.5 Å². The first kappa shape index (κ1) is 17.2. The third-order valence-electron chi connectivity index (χ3n) is 3.43. The van der Waals surface area contributed by atoms with Crippen LogP contribution in [0.25, 0.3) is 0 Å². The van der Waals surface area contributed by atoms with E-state index in [2.05, 4.69) is 5.10 Å². The van der Waals surface area contributed by atoms with Crippen LogP contribution < -0.4 is 0 Å². The molecule has 0 saturated carbocycles. The molecule has 0 fully saturated rings. The van der Waals surface area contributed by atoms with Crippen molar-refractivity contribution >= 4 is 11.9 Å². The summed E-state index contributed by atoms with van der Waals surface area (Å²) in [7, 11) is 0. The number of amides is 1. The van der Waals surface area contributed by atoms with E-state index < -0.39 is 5.97 Å². The van der Waals surface area contributed by atoms with E-state index in [1.165, 1.54) is 4.90 Å². The number of carboxylic acid groups (broad SMARTS) is 1. The number of hydrogen-bond acceptors (Lipinski definition) is 3. The average Bonchev–Trinajstić information content (AvgIpc) is 2.76. The van der Waals surface area contributed by atoms with E-state index in [1.807, 2.05) is 41.5 Å². The Morgan fingerprint density at radius 3 is 2.38 bits per heavy atom. The molecule has 0 spiro atoms. The Kier molecular flexibility index (Phi) is 5.15. The number of carbonyl (C=O) groups excluding carboxylic acids is 1. The molecular weight excluding hydrogens is 270 g/mol. The van der Waals surface area contributed by atoms with Gasteiger partial charge in [-0.2, -0.15) is 5.10 Å². The molecule has 0 saturated heterocycles. The van der Waals surface area contributed by atoms with Crippen molar-refractivity contribution in [3.8, 4) is 0 Å². The highest BCUT2D eigenvalue weighted by molar-refractivity contribution is 5.94. The van der Waals surface area contributed by atoms with Crippen molar-refractivity contribution in [3.05, 3.63) is 17.5 Å². The standard InChI is InChI=1S/C15H25N3O3/c1-7-10(2)17(9-13(19)20)14(21)12-8-11(3)18(16-12)15(4,5)6/h8,10H,7,9H2,1-6H3,(H,19,20). The van der Waals surface area contributed by atoms with Crippen LogP contribution in [0.4, 0.5) is 0 Å². The van der Waals surface area contributed by atoms with Gasteiger partial charge in [-0.25, -0.2) is 0 Å². The van der Waals surface area contributed by atoms with E-state index in [4.69, 9.17) is 5.11 Å². The zero-order chi connectivity index (χ0) is 16.4. The van der Waals surface area contributed by atoms with Gasteiger partial charge in [0, 0.05) is 11.7 Å². The van der Waals surface area contributed by atoms with E-state index in [0.29, 0.717) is 12.1 Å². The average molecular weight is 295 g/mol. The van der Waals surface area contributed by atoms with Crippen molar-refractivity contribution in [3.63, 3.8) is 0 Å². The number of carbonyl (C=O) groups is 2. The van der Waals surface area contributed by atoms with E-state index in [-0.39, 0.29) is 24.0 Å². The van der Waals surface area contributed by atoms with Gasteiger partial charge in [0.15, 0.2) is 5.69 Å². The first-order chi connectivity index (χ1) is 9.57. The van der Waals surface area contributed by atoms with Gasteiger partial charge in [0.1, 0.15) is 6.54 Å². The summed E-state index contributed by atoms with van der Waals surface area (Å²) in [5.74, 6) is -1.35. The number of hydrogen-bond donors (Lipinski definition) is 1. The Morgan fingerprint density at radius 1 is 1.43 bits per heavy atom. The number of carboxylic acids is 1. The van der Waals surface area contributed by atoms with Gasteiger partial charge in [-0.05, 0) is 47.1 Å². The molecule has 1 rings (SSSR count). The van der Waals surface area contributed by atoms with Crippen LogP contribution in [0, 0.1) is 6.92 Å². The molecule has 0 aromatic carbocycles. The van der Waals surface area contributed by atoms with E-state index in [1.54, 1.807) is 10.7 Å². The molecule has 1 aromatic heterocycles. The largest absolute Gasteiger partial charge is 0.480 e. The maximum Gasteiger partial charge on any atom is 0.323 e. The highest BCUT2D eigenvalue weighted by Gasteiger charge is 2.27. The van der Waals surface area contributed by atoms with Crippen LogP contribution in [0.3, 0.4) is 0 Å². The van der Waals surface area contributed by atoms with Crippen LogP contribution in [0.15, 0.2) is 6.07 Å². The highest BCUT2D eigenvalue weighted by Crippen LogP contribution is 2.18. The van der Waals surface area contributed by atoms with Gasteiger partial charge in [-0.1, -0.05) is 6.92 Å². The fourth-order valence-electron chi connectivity index (χ4n) is 2.20. The van der Waals surface area contributed by atoms with Gasteiger partial charge >= 0.3 is 5.97 Å². The van der Waals surface area contributed by atoms with E-state index >= 15 is 0 Å². The third kappa shape index (κ3) is 4.06. The van der Waals surface area contributed by atoms with Crippen molar-refractivity contribution in [1.29, 1.82) is 0 Å². The molecule has 0 radical (unpaired) electrons. The molecule has 1 atom stereocenters. The van der Waals surface area contributed by atoms with Crippen LogP contribution in [0.5, 0.6) is 0 Å². The van der Waals surface area contributed by atoms with Gasteiger partial charge in [0.25, 0.3) is 5.91 Å². The van der Waals surface area contributed by atoms with Crippen LogP contribution in [0.1, 0.15) is 57.2 Å². The van der Waals surface area contributed by atoms with Gasteiger partial charge in [0.2, 0.25) is 0 Å². The van der Waals surface area contributed by atoms with Crippen molar-refractivity contribution < 1.29 is 14.7 Å². The molecule has 1 heterocycles. The van der Waals surface area contributed by atoms with E-state index in [9.17, 15) is 9.59 Å². The minimum absolute atomic E-state index is 0.145. The lowest BCUT2D eigenvalue weighted by molar-refractivity contribution is -0.138. The molecule has 0 aliphatic rings. The second-order valence-corrected chi connectivity index (χ2v) is 6.34. The molecule has 0 bridgehead atoms. The van der Waals surface area contributed by atoms with Crippen LogP contribution >= 0.6 is 0 Å². The van der Waals surface area contributed by atoms with Gasteiger partial charge in [-0.15, -0.1) is 0 Å².